The van der Waals surface area contributed by atoms with Crippen LogP contribution in [-0.2, 0) is 19.9 Å². The summed E-state index contributed by atoms with van der Waals surface area (Å²) in [4.78, 5) is 0. The average molecular weight is 297 g/mol. The summed E-state index contributed by atoms with van der Waals surface area (Å²) >= 11 is 0. The second-order valence-corrected chi connectivity index (χ2v) is 9.37. The second kappa shape index (κ2) is 5.07. The molecule has 0 spiro atoms. The van der Waals surface area contributed by atoms with Gasteiger partial charge in [0.15, 0.2) is 9.84 Å². The number of aliphatic hydroxyl groups excluding tert-OH is 1. The first-order valence-corrected chi connectivity index (χ1v) is 9.56. The maximum absolute atomic E-state index is 12.0. The zero-order valence-corrected chi connectivity index (χ0v) is 11.7. The molecule has 0 radical (unpaired) electrons. The van der Waals surface area contributed by atoms with Crippen molar-refractivity contribution in [2.24, 2.45) is 0 Å². The van der Waals surface area contributed by atoms with Crippen molar-refractivity contribution in [1.82, 2.24) is 4.72 Å². The van der Waals surface area contributed by atoms with Crippen LogP contribution >= 0.6 is 0 Å². The minimum Gasteiger partial charge on any atom is -0.391 e. The van der Waals surface area contributed by atoms with Crippen molar-refractivity contribution in [3.63, 3.8) is 0 Å². The zero-order valence-electron chi connectivity index (χ0n) is 10.1. The average Bonchev–Trinajstić information content (AvgIpc) is 2.63. The van der Waals surface area contributed by atoms with Crippen LogP contribution in [0.3, 0.4) is 0 Å². The van der Waals surface area contributed by atoms with E-state index in [9.17, 15) is 21.9 Å². The van der Waals surface area contributed by atoms with Crippen LogP contribution in [0.2, 0.25) is 0 Å². The molecule has 1 aliphatic heterocycles. The number of rotatable bonds is 3. The number of hydrogen-bond acceptors (Lipinski definition) is 5. The fourth-order valence-electron chi connectivity index (χ4n) is 2.56. The van der Waals surface area contributed by atoms with Gasteiger partial charge in [0.05, 0.1) is 22.9 Å². The molecule has 0 aromatic carbocycles. The molecule has 8 heteroatoms. The van der Waals surface area contributed by atoms with Gasteiger partial charge in [-0.2, -0.15) is 0 Å². The topological polar surface area (TPSA) is 101 Å². The van der Waals surface area contributed by atoms with Crippen molar-refractivity contribution >= 4 is 19.9 Å². The first-order chi connectivity index (χ1) is 8.30. The fraction of sp³-hybridized carbons (Fsp3) is 1.00. The lowest BCUT2D eigenvalue weighted by Gasteiger charge is -2.29. The fourth-order valence-corrected chi connectivity index (χ4v) is 6.91. The highest BCUT2D eigenvalue weighted by Gasteiger charge is 2.39. The monoisotopic (exact) mass is 297 g/mol. The number of sulfone groups is 1. The van der Waals surface area contributed by atoms with Crippen molar-refractivity contribution < 1.29 is 21.9 Å². The molecule has 1 heterocycles. The van der Waals surface area contributed by atoms with Gasteiger partial charge in [0.1, 0.15) is 0 Å². The van der Waals surface area contributed by atoms with E-state index in [0.29, 0.717) is 12.8 Å². The van der Waals surface area contributed by atoms with Gasteiger partial charge in [0, 0.05) is 6.04 Å². The Balaban J connectivity index is 2.03. The molecule has 1 aliphatic carbocycles. The Morgan fingerprint density at radius 3 is 2.33 bits per heavy atom. The Kier molecular flexibility index (Phi) is 4.01. The van der Waals surface area contributed by atoms with E-state index in [2.05, 4.69) is 4.72 Å². The van der Waals surface area contributed by atoms with E-state index in [1.807, 2.05) is 0 Å². The van der Waals surface area contributed by atoms with Crippen LogP contribution < -0.4 is 4.72 Å². The van der Waals surface area contributed by atoms with E-state index < -0.39 is 37.3 Å². The van der Waals surface area contributed by atoms with Gasteiger partial charge in [0.25, 0.3) is 0 Å². The molecule has 106 valence electrons. The third kappa shape index (κ3) is 3.23. The second-order valence-electron chi connectivity index (χ2n) is 5.15. The van der Waals surface area contributed by atoms with E-state index in [0.717, 1.165) is 12.8 Å². The standard InChI is InChI=1S/C10H19NO5S2/c12-10-4-2-1-3-9(10)11-18(15,16)8-5-6-17(13,14)7-8/h8-12H,1-7H2/t8?,9-,10-/m1/s1. The zero-order chi connectivity index (χ0) is 13.4. The molecule has 2 N–H and O–H groups in total. The maximum atomic E-state index is 12.0. The summed E-state index contributed by atoms with van der Waals surface area (Å²) in [5.74, 6) is -0.364. The third-order valence-electron chi connectivity index (χ3n) is 3.67. The smallest absolute Gasteiger partial charge is 0.215 e. The van der Waals surface area contributed by atoms with Crippen molar-refractivity contribution in [1.29, 1.82) is 0 Å². The Hall–Kier alpha value is -0.180. The van der Waals surface area contributed by atoms with Crippen LogP contribution in [0.15, 0.2) is 0 Å². The Bertz CT molecular complexity index is 498. The SMILES string of the molecule is O=S1(=O)CCC(S(=O)(=O)N[C@@H]2CCCC[C@H]2O)C1. The van der Waals surface area contributed by atoms with Gasteiger partial charge >= 0.3 is 0 Å². The summed E-state index contributed by atoms with van der Waals surface area (Å²) in [6.45, 7) is 0. The molecular weight excluding hydrogens is 278 g/mol. The lowest BCUT2D eigenvalue weighted by Crippen LogP contribution is -2.48. The predicted molar refractivity (Wildman–Crippen MR) is 67.4 cm³/mol. The van der Waals surface area contributed by atoms with Crippen molar-refractivity contribution in [3.05, 3.63) is 0 Å². The molecule has 3 atom stereocenters. The highest BCUT2D eigenvalue weighted by Crippen LogP contribution is 2.22. The van der Waals surface area contributed by atoms with E-state index in [1.54, 1.807) is 0 Å². The largest absolute Gasteiger partial charge is 0.391 e. The van der Waals surface area contributed by atoms with Gasteiger partial charge in [-0.1, -0.05) is 12.8 Å². The quantitative estimate of drug-likeness (QED) is 0.724. The van der Waals surface area contributed by atoms with Crippen molar-refractivity contribution in [2.75, 3.05) is 11.5 Å². The summed E-state index contributed by atoms with van der Waals surface area (Å²) in [5, 5.41) is 8.87. The highest BCUT2D eigenvalue weighted by atomic mass is 32.2. The predicted octanol–water partition coefficient (Wildman–Crippen LogP) is -0.604. The third-order valence-corrected chi connectivity index (χ3v) is 7.56. The summed E-state index contributed by atoms with van der Waals surface area (Å²) in [6.07, 6.45) is 2.48. The first kappa shape index (κ1) is 14.2. The Morgan fingerprint density at radius 2 is 1.78 bits per heavy atom. The molecule has 1 saturated heterocycles. The summed E-state index contributed by atoms with van der Waals surface area (Å²) in [5.41, 5.74) is 0. The lowest BCUT2D eigenvalue weighted by molar-refractivity contribution is 0.101. The molecule has 0 aromatic rings. The first-order valence-electron chi connectivity index (χ1n) is 6.20. The van der Waals surface area contributed by atoms with Crippen molar-refractivity contribution in [3.8, 4) is 0 Å². The van der Waals surface area contributed by atoms with E-state index in [4.69, 9.17) is 0 Å². The van der Waals surface area contributed by atoms with Gasteiger partial charge in [-0.3, -0.25) is 0 Å². The number of hydrogen-bond donors (Lipinski definition) is 2. The van der Waals surface area contributed by atoms with Crippen LogP contribution in [0.5, 0.6) is 0 Å². The normalized spacial score (nSPS) is 36.6. The Morgan fingerprint density at radius 1 is 1.11 bits per heavy atom. The van der Waals surface area contributed by atoms with Gasteiger partial charge in [-0.05, 0) is 19.3 Å². The van der Waals surface area contributed by atoms with Crippen LogP contribution in [-0.4, -0.2) is 50.8 Å². The van der Waals surface area contributed by atoms with E-state index >= 15 is 0 Å². The van der Waals surface area contributed by atoms with Crippen molar-refractivity contribution in [2.45, 2.75) is 49.5 Å². The highest BCUT2D eigenvalue weighted by molar-refractivity contribution is 7.95. The summed E-state index contributed by atoms with van der Waals surface area (Å²) in [6, 6.07) is -0.466. The molecule has 0 aromatic heterocycles. The summed E-state index contributed by atoms with van der Waals surface area (Å²) < 4.78 is 49.2. The van der Waals surface area contributed by atoms with Crippen LogP contribution in [0.25, 0.3) is 0 Å². The molecule has 2 rings (SSSR count). The molecule has 0 bridgehead atoms. The van der Waals surface area contributed by atoms with Gasteiger partial charge in [-0.15, -0.1) is 0 Å². The van der Waals surface area contributed by atoms with Crippen LogP contribution in [0, 0.1) is 0 Å². The molecule has 18 heavy (non-hydrogen) atoms. The number of nitrogens with one attached hydrogen (secondary N) is 1. The molecule has 0 amide bonds. The maximum Gasteiger partial charge on any atom is 0.215 e. The number of aliphatic hydroxyl groups is 1. The lowest BCUT2D eigenvalue weighted by atomic mass is 9.93. The van der Waals surface area contributed by atoms with E-state index in [-0.39, 0.29) is 17.9 Å². The molecule has 1 saturated carbocycles. The molecule has 1 unspecified atom stereocenters. The minimum atomic E-state index is -3.65. The van der Waals surface area contributed by atoms with Crippen LogP contribution in [0.1, 0.15) is 32.1 Å². The minimum absolute atomic E-state index is 0.0637. The Labute approximate surface area is 108 Å². The van der Waals surface area contributed by atoms with E-state index in [1.165, 1.54) is 0 Å². The van der Waals surface area contributed by atoms with Crippen LogP contribution in [0.4, 0.5) is 0 Å². The summed E-state index contributed by atoms with van der Waals surface area (Å²) in [7, 11) is -6.87. The number of sulfonamides is 1. The molecule has 2 fully saturated rings. The van der Waals surface area contributed by atoms with Gasteiger partial charge < -0.3 is 5.11 Å². The molecule has 2 aliphatic rings. The van der Waals surface area contributed by atoms with Gasteiger partial charge in [-0.25, -0.2) is 21.6 Å². The van der Waals surface area contributed by atoms with Gasteiger partial charge in [0.2, 0.25) is 10.0 Å². The molecular formula is C10H19NO5S2. The molecule has 6 nitrogen and oxygen atoms in total.